The molecule has 2 aromatic rings. The summed E-state index contributed by atoms with van der Waals surface area (Å²) in [5, 5.41) is 16.7. The first-order chi connectivity index (χ1) is 13.3. The number of β-lactam (4-membered cyclic amide) rings is 1. The molecule has 2 saturated heterocycles. The predicted octanol–water partition coefficient (Wildman–Crippen LogP) is 0.128. The van der Waals surface area contributed by atoms with Crippen molar-refractivity contribution in [3.63, 3.8) is 0 Å². The molecule has 3 heterocycles. The Labute approximate surface area is 165 Å². The molecule has 0 radical (unpaired) electrons. The van der Waals surface area contributed by atoms with Gasteiger partial charge in [-0.25, -0.2) is 0 Å². The minimum atomic E-state index is -0.939. The number of methoxy groups -OCH3 is 1. The summed E-state index contributed by atoms with van der Waals surface area (Å²) in [4.78, 5) is 27.2. The number of tetrazole rings is 1. The third-order valence-corrected chi connectivity index (χ3v) is 6.67. The Morgan fingerprint density at radius 2 is 2.18 bits per heavy atom. The summed E-state index contributed by atoms with van der Waals surface area (Å²) in [7, 11) is 1.52. The lowest BCUT2D eigenvalue weighted by molar-refractivity contribution is -0.152. The number of rotatable bonds is 5. The lowest BCUT2D eigenvalue weighted by Crippen LogP contribution is -2.68. The third-order valence-electron chi connectivity index (χ3n) is 5.10. The summed E-state index contributed by atoms with van der Waals surface area (Å²) in [5.74, 6) is 0.381. The van der Waals surface area contributed by atoms with Crippen molar-refractivity contribution in [2.24, 2.45) is 5.73 Å². The average Bonchev–Trinajstić information content (AvgIpc) is 3.29. The molecule has 0 saturated carbocycles. The monoisotopic (exact) mass is 403 g/mol. The molecule has 1 aromatic heterocycles. The molecule has 4 N–H and O–H groups in total. The normalized spacial score (nSPS) is 26.4. The van der Waals surface area contributed by atoms with Crippen molar-refractivity contribution in [2.75, 3.05) is 7.11 Å². The number of hydrogen-bond donors (Lipinski definition) is 3. The smallest absolute Gasteiger partial charge is 0.249 e. The molecule has 0 bridgehead atoms. The van der Waals surface area contributed by atoms with E-state index in [0.29, 0.717) is 17.1 Å². The van der Waals surface area contributed by atoms with E-state index in [1.165, 1.54) is 7.11 Å². The summed E-state index contributed by atoms with van der Waals surface area (Å²) in [6.45, 7) is 4.04. The first-order valence-corrected chi connectivity index (χ1v) is 9.65. The van der Waals surface area contributed by atoms with Crippen molar-refractivity contribution in [2.45, 2.75) is 42.1 Å². The van der Waals surface area contributed by atoms with E-state index in [4.69, 9.17) is 10.5 Å². The van der Waals surface area contributed by atoms with E-state index in [-0.39, 0.29) is 22.1 Å². The van der Waals surface area contributed by atoms with E-state index in [9.17, 15) is 9.59 Å². The van der Waals surface area contributed by atoms with E-state index in [0.717, 1.165) is 0 Å². The summed E-state index contributed by atoms with van der Waals surface area (Å²) < 4.78 is 4.95. The van der Waals surface area contributed by atoms with Crippen LogP contribution in [0.2, 0.25) is 0 Å². The lowest BCUT2D eigenvalue weighted by Gasteiger charge is -2.44. The van der Waals surface area contributed by atoms with Gasteiger partial charge >= 0.3 is 0 Å². The molecule has 11 heteroatoms. The van der Waals surface area contributed by atoms with Gasteiger partial charge in [-0.2, -0.15) is 5.21 Å². The molecular formula is C17H21N7O3S. The fourth-order valence-electron chi connectivity index (χ4n) is 3.76. The lowest BCUT2D eigenvalue weighted by atomic mass is 9.95. The number of aromatic amines is 1. The van der Waals surface area contributed by atoms with Crippen molar-refractivity contribution in [3.8, 4) is 5.75 Å². The molecule has 28 heavy (non-hydrogen) atoms. The molecular weight excluding hydrogens is 382 g/mol. The van der Waals surface area contributed by atoms with Gasteiger partial charge in [-0.3, -0.25) is 9.59 Å². The van der Waals surface area contributed by atoms with Crippen LogP contribution in [0.25, 0.3) is 0 Å². The van der Waals surface area contributed by atoms with Crippen LogP contribution in [0, 0.1) is 0 Å². The van der Waals surface area contributed by atoms with Crippen LogP contribution in [0.5, 0.6) is 5.75 Å². The highest BCUT2D eigenvalue weighted by Gasteiger charge is 2.63. The Morgan fingerprint density at radius 1 is 1.43 bits per heavy atom. The van der Waals surface area contributed by atoms with Crippen LogP contribution < -0.4 is 15.8 Å². The number of thioether (sulfide) groups is 1. The van der Waals surface area contributed by atoms with Gasteiger partial charge in [0, 0.05) is 10.3 Å². The minimum Gasteiger partial charge on any atom is -0.496 e. The van der Waals surface area contributed by atoms with Crippen molar-refractivity contribution < 1.29 is 14.3 Å². The van der Waals surface area contributed by atoms with Crippen molar-refractivity contribution >= 4 is 23.6 Å². The van der Waals surface area contributed by atoms with Gasteiger partial charge in [-0.05, 0) is 19.9 Å². The van der Waals surface area contributed by atoms with E-state index < -0.39 is 18.0 Å². The zero-order chi connectivity index (χ0) is 20.1. The molecule has 4 rings (SSSR count). The largest absolute Gasteiger partial charge is 0.496 e. The predicted molar refractivity (Wildman–Crippen MR) is 101 cm³/mol. The fraction of sp³-hybridized carbons (Fsp3) is 0.471. The molecule has 0 aliphatic carbocycles. The molecule has 2 aliphatic heterocycles. The number of carbonyl (C=O) groups excluding carboxylic acids is 2. The topological polar surface area (TPSA) is 139 Å². The van der Waals surface area contributed by atoms with Gasteiger partial charge in [0.25, 0.3) is 0 Å². The number of benzene rings is 1. The number of nitrogens with one attached hydrogen (secondary N) is 2. The van der Waals surface area contributed by atoms with Crippen LogP contribution in [-0.2, 0) is 9.59 Å². The van der Waals surface area contributed by atoms with E-state index in [1.54, 1.807) is 40.9 Å². The first kappa shape index (κ1) is 18.7. The Balaban J connectivity index is 1.50. The summed E-state index contributed by atoms with van der Waals surface area (Å²) >= 11 is 1.60. The number of nitrogens with zero attached hydrogens (tertiary/aromatic N) is 4. The molecule has 2 amide bonds. The average molecular weight is 403 g/mol. The molecule has 148 valence electrons. The molecule has 0 spiro atoms. The summed E-state index contributed by atoms with van der Waals surface area (Å²) in [6.07, 6.45) is 0. The molecule has 3 unspecified atom stereocenters. The van der Waals surface area contributed by atoms with Crippen LogP contribution >= 0.6 is 11.8 Å². The number of amides is 2. The maximum atomic E-state index is 12.8. The van der Waals surface area contributed by atoms with Gasteiger partial charge in [0.05, 0.1) is 7.11 Å². The molecule has 2 aliphatic rings. The number of nitrogens with two attached hydrogens (primary N) is 1. The number of hydrogen-bond acceptors (Lipinski definition) is 8. The Bertz CT molecular complexity index is 904. The first-order valence-electron chi connectivity index (χ1n) is 8.77. The van der Waals surface area contributed by atoms with Gasteiger partial charge < -0.3 is 20.7 Å². The van der Waals surface area contributed by atoms with Crippen LogP contribution in [0.1, 0.15) is 37.3 Å². The zero-order valence-corrected chi connectivity index (χ0v) is 16.4. The molecule has 4 atom stereocenters. The highest BCUT2D eigenvalue weighted by Crippen LogP contribution is 2.56. The minimum absolute atomic E-state index is 0.182. The number of aromatic nitrogens is 4. The van der Waals surface area contributed by atoms with Gasteiger partial charge in [0.1, 0.15) is 29.2 Å². The number of ether oxygens (including phenoxy) is 1. The van der Waals surface area contributed by atoms with Crippen LogP contribution in [-0.4, -0.2) is 60.6 Å². The van der Waals surface area contributed by atoms with Crippen molar-refractivity contribution in [1.82, 2.24) is 30.8 Å². The Morgan fingerprint density at radius 3 is 2.86 bits per heavy atom. The number of fused-ring (bicyclic) bond motifs is 1. The third kappa shape index (κ3) is 2.81. The standard InChI is InChI=1S/C17H21N7O3S/c1-17(2)12(13-20-22-23-21-13)24-15(26)11(16(24)28-17)19-14(25)10(18)8-6-4-5-7-9(8)27-3/h4-7,10-12,16H,18H2,1-3H3,(H,19,25)(H,20,21,22,23)/t10?,11?,12?,16-/m0/s1. The highest BCUT2D eigenvalue weighted by molar-refractivity contribution is 8.01. The van der Waals surface area contributed by atoms with E-state index in [2.05, 4.69) is 25.9 Å². The van der Waals surface area contributed by atoms with Crippen LogP contribution in [0.4, 0.5) is 0 Å². The highest BCUT2D eigenvalue weighted by atomic mass is 32.2. The molecule has 1 aromatic carbocycles. The van der Waals surface area contributed by atoms with Crippen molar-refractivity contribution in [3.05, 3.63) is 35.7 Å². The zero-order valence-electron chi connectivity index (χ0n) is 15.6. The number of carbonyl (C=O) groups is 2. The van der Waals surface area contributed by atoms with Crippen molar-refractivity contribution in [1.29, 1.82) is 0 Å². The van der Waals surface area contributed by atoms with Gasteiger partial charge in [-0.15, -0.1) is 22.0 Å². The van der Waals surface area contributed by atoms with Crippen LogP contribution in [0.3, 0.4) is 0 Å². The Kier molecular flexibility index (Phi) is 4.50. The fourth-order valence-corrected chi connectivity index (χ4v) is 5.39. The van der Waals surface area contributed by atoms with E-state index >= 15 is 0 Å². The summed E-state index contributed by atoms with van der Waals surface area (Å²) in [6, 6.07) is 5.16. The second-order valence-corrected chi connectivity index (χ2v) is 9.01. The molecule has 10 nitrogen and oxygen atoms in total. The quantitative estimate of drug-likeness (QED) is 0.599. The second-order valence-electron chi connectivity index (χ2n) is 7.24. The van der Waals surface area contributed by atoms with E-state index in [1.807, 2.05) is 13.8 Å². The number of H-pyrrole nitrogens is 1. The van der Waals surface area contributed by atoms with Gasteiger partial charge in [0.2, 0.25) is 11.8 Å². The number of para-hydroxylation sites is 1. The SMILES string of the molecule is COc1ccccc1C(N)C(=O)NC1C(=O)N2C(c3nn[nH]n3)C(C)(C)S[C@@H]12. The second kappa shape index (κ2) is 6.74. The van der Waals surface area contributed by atoms with Gasteiger partial charge in [0.15, 0.2) is 5.82 Å². The Hall–Kier alpha value is -2.66. The molecule has 2 fully saturated rings. The summed E-state index contributed by atoms with van der Waals surface area (Å²) in [5.41, 5.74) is 6.69. The van der Waals surface area contributed by atoms with Crippen LogP contribution in [0.15, 0.2) is 24.3 Å². The maximum absolute atomic E-state index is 12.8. The van der Waals surface area contributed by atoms with Gasteiger partial charge in [-0.1, -0.05) is 23.4 Å². The maximum Gasteiger partial charge on any atom is 0.249 e.